The molecule has 3 heterocycles. The fourth-order valence-corrected chi connectivity index (χ4v) is 3.38. The maximum Gasteiger partial charge on any atom is 0.234 e. The number of aryl methyl sites for hydroxylation is 1. The summed E-state index contributed by atoms with van der Waals surface area (Å²) in [5, 5.41) is 3.50. The number of guanidine groups is 1. The van der Waals surface area contributed by atoms with Crippen molar-refractivity contribution in [1.29, 1.82) is 0 Å². The van der Waals surface area contributed by atoms with E-state index in [0.717, 1.165) is 31.9 Å². The fraction of sp³-hybridized carbons (Fsp3) is 0.450. The lowest BCUT2D eigenvalue weighted by atomic mass is 10.3. The van der Waals surface area contributed by atoms with Crippen molar-refractivity contribution in [3.8, 4) is 5.75 Å². The van der Waals surface area contributed by atoms with Gasteiger partial charge < -0.3 is 14.5 Å². The first-order valence-corrected chi connectivity index (χ1v) is 10.4. The number of hydrogen-bond donors (Lipinski definition) is 1. The topological polar surface area (TPSA) is 91.1 Å². The minimum atomic E-state index is -0.468. The summed E-state index contributed by atoms with van der Waals surface area (Å²) in [7, 11) is 2.12. The van der Waals surface area contributed by atoms with Crippen molar-refractivity contribution >= 4 is 34.6 Å². The molecule has 0 spiro atoms. The van der Waals surface area contributed by atoms with Crippen LogP contribution in [0.25, 0.3) is 0 Å². The van der Waals surface area contributed by atoms with E-state index in [0.29, 0.717) is 41.7 Å². The van der Waals surface area contributed by atoms with Crippen LogP contribution in [-0.2, 0) is 6.42 Å². The van der Waals surface area contributed by atoms with Crippen molar-refractivity contribution in [2.75, 3.05) is 43.4 Å². The van der Waals surface area contributed by atoms with Crippen molar-refractivity contribution in [3.05, 3.63) is 36.2 Å². The molecule has 1 N–H and O–H groups in total. The normalized spacial score (nSPS) is 19.8. The van der Waals surface area contributed by atoms with Gasteiger partial charge in [0, 0.05) is 32.6 Å². The Morgan fingerprint density at radius 3 is 2.60 bits per heavy atom. The average molecular weight is 429 g/mol. The van der Waals surface area contributed by atoms with Gasteiger partial charge >= 0.3 is 0 Å². The van der Waals surface area contributed by atoms with Crippen LogP contribution in [0.2, 0.25) is 0 Å². The van der Waals surface area contributed by atoms with Crippen LogP contribution in [0.3, 0.4) is 0 Å². The van der Waals surface area contributed by atoms with Gasteiger partial charge in [-0.3, -0.25) is 5.32 Å². The molecule has 1 aromatic heterocycles. The molecule has 9 nitrogen and oxygen atoms in total. The number of aromatic nitrogens is 3. The van der Waals surface area contributed by atoms with Gasteiger partial charge in [-0.2, -0.15) is 15.0 Å². The molecule has 0 saturated carbocycles. The Morgan fingerprint density at radius 2 is 1.87 bits per heavy atom. The van der Waals surface area contributed by atoms with Crippen molar-refractivity contribution in [2.24, 2.45) is 9.98 Å². The summed E-state index contributed by atoms with van der Waals surface area (Å²) >= 11 is 6.25. The third kappa shape index (κ3) is 5.22. The monoisotopic (exact) mass is 428 g/mol. The Morgan fingerprint density at radius 1 is 1.10 bits per heavy atom. The number of halogens is 1. The van der Waals surface area contributed by atoms with Crippen LogP contribution in [0.15, 0.2) is 40.3 Å². The molecule has 2 aliphatic rings. The van der Waals surface area contributed by atoms with Gasteiger partial charge in [-0.25, -0.2) is 9.98 Å². The van der Waals surface area contributed by atoms with E-state index in [4.69, 9.17) is 16.3 Å². The van der Waals surface area contributed by atoms with E-state index in [1.165, 1.54) is 0 Å². The summed E-state index contributed by atoms with van der Waals surface area (Å²) in [6, 6.07) is 9.51. The Balaban J connectivity index is 1.52. The summed E-state index contributed by atoms with van der Waals surface area (Å²) in [5.41, 5.74) is 0. The van der Waals surface area contributed by atoms with E-state index in [2.05, 4.69) is 47.1 Å². The third-order valence-electron chi connectivity index (χ3n) is 4.85. The molecular weight excluding hydrogens is 404 g/mol. The lowest BCUT2D eigenvalue weighted by molar-refractivity contribution is 0.219. The van der Waals surface area contributed by atoms with E-state index in [9.17, 15) is 0 Å². The predicted octanol–water partition coefficient (Wildman–Crippen LogP) is 2.40. The van der Waals surface area contributed by atoms with E-state index in [1.807, 2.05) is 37.3 Å². The molecule has 1 saturated heterocycles. The summed E-state index contributed by atoms with van der Waals surface area (Å²) in [6.07, 6.45) is 0.643. The predicted molar refractivity (Wildman–Crippen MR) is 119 cm³/mol. The van der Waals surface area contributed by atoms with Crippen LogP contribution < -0.4 is 15.0 Å². The molecule has 10 heteroatoms. The molecule has 0 aliphatic carbocycles. The second-order valence-corrected chi connectivity index (χ2v) is 7.61. The summed E-state index contributed by atoms with van der Waals surface area (Å²) in [5.74, 6) is 2.83. The number of nitrogens with one attached hydrogen (secondary N) is 1. The number of nitrogens with zero attached hydrogens (tertiary/aromatic N) is 7. The molecule has 1 aromatic carbocycles. The molecule has 4 rings (SSSR count). The highest BCUT2D eigenvalue weighted by atomic mass is 35.5. The Labute approximate surface area is 180 Å². The second kappa shape index (κ2) is 9.36. The molecule has 0 radical (unpaired) electrons. The van der Waals surface area contributed by atoms with Gasteiger partial charge in [0.05, 0.1) is 6.42 Å². The first kappa shape index (κ1) is 20.5. The van der Waals surface area contributed by atoms with Gasteiger partial charge in [-0.05, 0) is 19.2 Å². The van der Waals surface area contributed by atoms with Gasteiger partial charge in [-0.1, -0.05) is 36.7 Å². The zero-order chi connectivity index (χ0) is 20.9. The maximum atomic E-state index is 6.25. The number of likely N-dealkylation sites (N-methyl/N-ethyl adjacent to an activating group) is 1. The number of rotatable bonds is 5. The summed E-state index contributed by atoms with van der Waals surface area (Å²) in [4.78, 5) is 27.0. The number of ether oxygens (including phenoxy) is 1. The molecule has 1 unspecified atom stereocenters. The average Bonchev–Trinajstić information content (AvgIpc) is 2.74. The van der Waals surface area contributed by atoms with Crippen molar-refractivity contribution in [1.82, 2.24) is 19.9 Å². The Bertz CT molecular complexity index is 928. The highest BCUT2D eigenvalue weighted by Gasteiger charge is 2.21. The largest absolute Gasteiger partial charge is 0.468 e. The molecular formula is C20H25ClN8O. The second-order valence-electron chi connectivity index (χ2n) is 7.17. The minimum Gasteiger partial charge on any atom is -0.468 e. The zero-order valence-corrected chi connectivity index (χ0v) is 17.9. The maximum absolute atomic E-state index is 6.25. The van der Waals surface area contributed by atoms with E-state index < -0.39 is 6.23 Å². The number of piperazine rings is 1. The first-order chi connectivity index (χ1) is 14.6. The smallest absolute Gasteiger partial charge is 0.234 e. The van der Waals surface area contributed by atoms with Gasteiger partial charge in [-0.15, -0.1) is 0 Å². The van der Waals surface area contributed by atoms with Gasteiger partial charge in [0.2, 0.25) is 17.9 Å². The Kier molecular flexibility index (Phi) is 6.39. The van der Waals surface area contributed by atoms with Crippen LogP contribution in [0, 0.1) is 0 Å². The lowest BCUT2D eigenvalue weighted by Gasteiger charge is -2.32. The third-order valence-corrected chi connectivity index (χ3v) is 5.09. The summed E-state index contributed by atoms with van der Waals surface area (Å²) in [6.45, 7) is 5.72. The molecule has 30 heavy (non-hydrogen) atoms. The number of anilines is 2. The number of hydrogen-bond acceptors (Lipinski definition) is 9. The SMILES string of the molecule is CCc1nc(NC2=NC(Oc3ccccc3)CC(Cl)=N2)nc(N2CCN(C)CC2)n1. The molecule has 2 aliphatic heterocycles. The van der Waals surface area contributed by atoms with Crippen LogP contribution in [0.4, 0.5) is 11.9 Å². The molecule has 2 aromatic rings. The van der Waals surface area contributed by atoms with Crippen LogP contribution in [0.5, 0.6) is 5.75 Å². The Hall–Kier alpha value is -2.78. The van der Waals surface area contributed by atoms with Crippen molar-refractivity contribution in [2.45, 2.75) is 26.0 Å². The van der Waals surface area contributed by atoms with Crippen molar-refractivity contribution < 1.29 is 4.74 Å². The van der Waals surface area contributed by atoms with Crippen LogP contribution in [0.1, 0.15) is 19.2 Å². The fourth-order valence-electron chi connectivity index (χ4n) is 3.17. The van der Waals surface area contributed by atoms with Crippen LogP contribution >= 0.6 is 11.6 Å². The standard InChI is InChI=1S/C20H25ClN8O/c1-3-16-23-19(27-20(24-16)29-11-9-28(2)10-12-29)26-18-22-15(21)13-17(25-18)30-14-7-5-4-6-8-14/h4-8,17H,3,9-13H2,1-2H3,(H,23,24,25,26,27). The molecule has 0 amide bonds. The van der Waals surface area contributed by atoms with E-state index >= 15 is 0 Å². The summed E-state index contributed by atoms with van der Waals surface area (Å²) < 4.78 is 5.91. The molecule has 0 bridgehead atoms. The van der Waals surface area contributed by atoms with E-state index in [1.54, 1.807) is 0 Å². The molecule has 1 fully saturated rings. The van der Waals surface area contributed by atoms with Gasteiger partial charge in [0.25, 0.3) is 0 Å². The quantitative estimate of drug-likeness (QED) is 0.781. The molecule has 158 valence electrons. The zero-order valence-electron chi connectivity index (χ0n) is 17.1. The van der Waals surface area contributed by atoms with Gasteiger partial charge in [0.1, 0.15) is 16.7 Å². The molecule has 1 atom stereocenters. The number of benzene rings is 1. The lowest BCUT2D eigenvalue weighted by Crippen LogP contribution is -2.45. The van der Waals surface area contributed by atoms with Crippen LogP contribution in [-0.4, -0.2) is 70.4 Å². The highest BCUT2D eigenvalue weighted by molar-refractivity contribution is 6.66. The first-order valence-electron chi connectivity index (χ1n) is 10.1. The van der Waals surface area contributed by atoms with E-state index in [-0.39, 0.29) is 0 Å². The number of para-hydroxylation sites is 1. The van der Waals surface area contributed by atoms with Crippen molar-refractivity contribution in [3.63, 3.8) is 0 Å². The van der Waals surface area contributed by atoms with Gasteiger partial charge in [0.15, 0.2) is 6.23 Å². The number of aliphatic imine (C=N–C) groups is 2. The highest BCUT2D eigenvalue weighted by Crippen LogP contribution is 2.19. The minimum absolute atomic E-state index is 0.324.